The zero-order valence-corrected chi connectivity index (χ0v) is 14.6. The second-order valence-corrected chi connectivity index (χ2v) is 6.94. The average molecular weight is 310 g/mol. The predicted molar refractivity (Wildman–Crippen MR) is 91.0 cm³/mol. The van der Waals surface area contributed by atoms with Crippen LogP contribution in [-0.4, -0.2) is 69.0 Å². The van der Waals surface area contributed by atoms with Crippen molar-refractivity contribution in [2.45, 2.75) is 33.1 Å². The largest absolute Gasteiger partial charge is 0.379 e. The Bertz CT molecular complexity index is 323. The molecule has 0 radical (unpaired) electrons. The van der Waals surface area contributed by atoms with E-state index in [0.29, 0.717) is 5.92 Å². The Balaban J connectivity index is 1.59. The quantitative estimate of drug-likeness (QED) is 0.688. The van der Waals surface area contributed by atoms with E-state index in [9.17, 15) is 0 Å². The van der Waals surface area contributed by atoms with Crippen LogP contribution in [0.3, 0.4) is 0 Å². The first-order chi connectivity index (χ1) is 10.7. The summed E-state index contributed by atoms with van der Waals surface area (Å²) in [6, 6.07) is 0. The maximum absolute atomic E-state index is 5.42. The zero-order chi connectivity index (χ0) is 15.8. The Hall–Kier alpha value is -0.580. The molecule has 2 saturated heterocycles. The van der Waals surface area contributed by atoms with Crippen LogP contribution >= 0.6 is 0 Å². The molecule has 0 bridgehead atoms. The summed E-state index contributed by atoms with van der Waals surface area (Å²) in [5.41, 5.74) is 1.31. The summed E-state index contributed by atoms with van der Waals surface area (Å²) in [5.74, 6) is 1.37. The van der Waals surface area contributed by atoms with Crippen molar-refractivity contribution >= 4 is 0 Å². The number of hydrogen-bond acceptors (Lipinski definition) is 4. The molecule has 2 fully saturated rings. The second-order valence-electron chi connectivity index (χ2n) is 6.94. The van der Waals surface area contributed by atoms with Gasteiger partial charge in [0.05, 0.1) is 26.4 Å². The number of rotatable bonds is 8. The number of nitrogens with zero attached hydrogens (tertiary/aromatic N) is 2. The maximum Gasteiger partial charge on any atom is 0.0642 e. The van der Waals surface area contributed by atoms with Gasteiger partial charge >= 0.3 is 0 Å². The van der Waals surface area contributed by atoms with Gasteiger partial charge in [-0.05, 0) is 24.7 Å². The highest BCUT2D eigenvalue weighted by atomic mass is 16.5. The number of ether oxygens (including phenoxy) is 2. The molecule has 2 unspecified atom stereocenters. The van der Waals surface area contributed by atoms with Crippen molar-refractivity contribution in [2.24, 2.45) is 11.8 Å². The van der Waals surface area contributed by atoms with Gasteiger partial charge in [-0.2, -0.15) is 0 Å². The molecule has 4 nitrogen and oxygen atoms in total. The van der Waals surface area contributed by atoms with Crippen molar-refractivity contribution in [3.63, 3.8) is 0 Å². The lowest BCUT2D eigenvalue weighted by Crippen LogP contribution is -2.38. The van der Waals surface area contributed by atoms with E-state index in [1.165, 1.54) is 31.5 Å². The normalized spacial score (nSPS) is 23.3. The first-order valence-electron chi connectivity index (χ1n) is 8.98. The van der Waals surface area contributed by atoms with Crippen LogP contribution in [0.25, 0.3) is 0 Å². The molecule has 0 spiro atoms. The smallest absolute Gasteiger partial charge is 0.0642 e. The van der Waals surface area contributed by atoms with Crippen LogP contribution in [-0.2, 0) is 9.47 Å². The molecule has 4 heteroatoms. The van der Waals surface area contributed by atoms with Gasteiger partial charge in [-0.3, -0.25) is 4.90 Å². The first-order valence-corrected chi connectivity index (χ1v) is 8.98. The van der Waals surface area contributed by atoms with Crippen LogP contribution in [0.1, 0.15) is 33.1 Å². The van der Waals surface area contributed by atoms with Gasteiger partial charge in [-0.15, -0.1) is 0 Å². The fraction of sp³-hybridized carbons (Fsp3) is 0.889. The lowest BCUT2D eigenvalue weighted by atomic mass is 9.96. The summed E-state index contributed by atoms with van der Waals surface area (Å²) in [4.78, 5) is 4.95. The van der Waals surface area contributed by atoms with Crippen LogP contribution in [0.5, 0.6) is 0 Å². The highest BCUT2D eigenvalue weighted by Crippen LogP contribution is 2.22. The van der Waals surface area contributed by atoms with Crippen LogP contribution in [0.2, 0.25) is 0 Å². The van der Waals surface area contributed by atoms with Crippen molar-refractivity contribution in [3.8, 4) is 0 Å². The van der Waals surface area contributed by atoms with Crippen LogP contribution in [0.15, 0.2) is 12.3 Å². The maximum atomic E-state index is 5.42. The number of morpholine rings is 2. The first kappa shape index (κ1) is 17.8. The Kier molecular flexibility index (Phi) is 7.70. The van der Waals surface area contributed by atoms with Crippen LogP contribution < -0.4 is 0 Å². The van der Waals surface area contributed by atoms with Gasteiger partial charge in [-0.1, -0.05) is 26.8 Å². The Morgan fingerprint density at radius 3 is 2.18 bits per heavy atom. The molecule has 2 atom stereocenters. The summed E-state index contributed by atoms with van der Waals surface area (Å²) in [6.45, 7) is 18.0. The zero-order valence-electron chi connectivity index (χ0n) is 14.6. The molecule has 2 aliphatic heterocycles. The van der Waals surface area contributed by atoms with E-state index < -0.39 is 0 Å². The number of allylic oxidation sites excluding steroid dienone is 1. The fourth-order valence-electron chi connectivity index (χ4n) is 3.42. The van der Waals surface area contributed by atoms with Gasteiger partial charge in [0.1, 0.15) is 0 Å². The van der Waals surface area contributed by atoms with E-state index in [2.05, 4.69) is 30.2 Å². The molecule has 0 aromatic heterocycles. The summed E-state index contributed by atoms with van der Waals surface area (Å²) in [7, 11) is 0. The van der Waals surface area contributed by atoms with E-state index in [0.717, 1.165) is 58.5 Å². The molecular weight excluding hydrogens is 276 g/mol. The second kappa shape index (κ2) is 9.53. The third kappa shape index (κ3) is 5.90. The summed E-state index contributed by atoms with van der Waals surface area (Å²) in [5, 5.41) is 0. The molecule has 0 amide bonds. The summed E-state index contributed by atoms with van der Waals surface area (Å²) >= 11 is 0. The van der Waals surface area contributed by atoms with Crippen molar-refractivity contribution in [1.29, 1.82) is 0 Å². The standard InChI is InChI=1S/C18H34N2O2/c1-16(15-19-7-11-21-12-8-19)5-4-6-17(2)18(3)20-9-13-22-14-10-20/h16-17H,3-15H2,1-2H3. The summed E-state index contributed by atoms with van der Waals surface area (Å²) in [6.07, 6.45) is 3.87. The van der Waals surface area contributed by atoms with Gasteiger partial charge < -0.3 is 14.4 Å². The minimum atomic E-state index is 0.591. The molecule has 128 valence electrons. The van der Waals surface area contributed by atoms with Crippen molar-refractivity contribution in [3.05, 3.63) is 12.3 Å². The Morgan fingerprint density at radius 2 is 1.55 bits per heavy atom. The van der Waals surface area contributed by atoms with E-state index >= 15 is 0 Å². The highest BCUT2D eigenvalue weighted by Gasteiger charge is 2.18. The van der Waals surface area contributed by atoms with Gasteiger partial charge in [0.25, 0.3) is 0 Å². The topological polar surface area (TPSA) is 24.9 Å². The highest BCUT2D eigenvalue weighted by molar-refractivity contribution is 4.99. The molecule has 22 heavy (non-hydrogen) atoms. The fourth-order valence-corrected chi connectivity index (χ4v) is 3.42. The Morgan fingerprint density at radius 1 is 0.955 bits per heavy atom. The SMILES string of the molecule is C=C(C(C)CCCC(C)CN1CCOCC1)N1CCOCC1. The van der Waals surface area contributed by atoms with Crippen molar-refractivity contribution < 1.29 is 9.47 Å². The molecule has 2 rings (SSSR count). The summed E-state index contributed by atoms with van der Waals surface area (Å²) < 4.78 is 10.8. The monoisotopic (exact) mass is 310 g/mol. The number of hydrogen-bond donors (Lipinski definition) is 0. The third-order valence-corrected chi connectivity index (χ3v) is 4.99. The molecule has 0 aromatic rings. The Labute approximate surface area is 136 Å². The van der Waals surface area contributed by atoms with Crippen molar-refractivity contribution in [1.82, 2.24) is 9.80 Å². The van der Waals surface area contributed by atoms with Gasteiger partial charge in [-0.25, -0.2) is 0 Å². The molecule has 0 saturated carbocycles. The minimum absolute atomic E-state index is 0.591. The van der Waals surface area contributed by atoms with E-state index in [-0.39, 0.29) is 0 Å². The lowest BCUT2D eigenvalue weighted by molar-refractivity contribution is 0.0310. The molecule has 0 aliphatic carbocycles. The molecular formula is C18H34N2O2. The van der Waals surface area contributed by atoms with E-state index in [1.807, 2.05) is 0 Å². The predicted octanol–water partition coefficient (Wildman–Crippen LogP) is 2.61. The van der Waals surface area contributed by atoms with Gasteiger partial charge in [0.2, 0.25) is 0 Å². The average Bonchev–Trinajstić information content (AvgIpc) is 2.55. The minimum Gasteiger partial charge on any atom is -0.379 e. The molecule has 0 aromatic carbocycles. The third-order valence-electron chi connectivity index (χ3n) is 4.99. The van der Waals surface area contributed by atoms with Gasteiger partial charge in [0.15, 0.2) is 0 Å². The lowest BCUT2D eigenvalue weighted by Gasteiger charge is -2.33. The molecule has 2 heterocycles. The molecule has 2 aliphatic rings. The van der Waals surface area contributed by atoms with E-state index in [4.69, 9.17) is 9.47 Å². The van der Waals surface area contributed by atoms with Crippen LogP contribution in [0.4, 0.5) is 0 Å². The molecule has 0 N–H and O–H groups in total. The van der Waals surface area contributed by atoms with Crippen LogP contribution in [0, 0.1) is 11.8 Å². The van der Waals surface area contributed by atoms with E-state index in [1.54, 1.807) is 0 Å². The van der Waals surface area contributed by atoms with Gasteiger partial charge in [0, 0.05) is 38.4 Å². The van der Waals surface area contributed by atoms with Crippen molar-refractivity contribution in [2.75, 3.05) is 59.2 Å².